The van der Waals surface area contributed by atoms with Crippen LogP contribution in [-0.2, 0) is 0 Å². The molecule has 0 saturated carbocycles. The second kappa shape index (κ2) is 10.2. The van der Waals surface area contributed by atoms with Crippen LogP contribution < -0.4 is 10.9 Å². The predicted octanol–water partition coefficient (Wildman–Crippen LogP) is 8.30. The first-order valence-electron chi connectivity index (χ1n) is 13.5. The quantitative estimate of drug-likeness (QED) is 0.122. The van der Waals surface area contributed by atoms with Gasteiger partial charge in [-0.3, -0.25) is 14.7 Å². The minimum Gasteiger partial charge on any atom is -0.286 e. The van der Waals surface area contributed by atoms with Gasteiger partial charge in [0.2, 0.25) is 10.9 Å². The lowest BCUT2D eigenvalue weighted by molar-refractivity contribution is 1.09. The summed E-state index contributed by atoms with van der Waals surface area (Å²) in [6.45, 7) is 0. The molecule has 0 amide bonds. The summed E-state index contributed by atoms with van der Waals surface area (Å²) in [5, 5.41) is 18.9. The Labute approximate surface area is 234 Å². The number of rotatable bonds is 0. The van der Waals surface area contributed by atoms with Crippen molar-refractivity contribution in [2.75, 3.05) is 0 Å². The van der Waals surface area contributed by atoms with Crippen molar-refractivity contribution in [2.24, 2.45) is 0 Å². The molecule has 194 valence electrons. The summed E-state index contributed by atoms with van der Waals surface area (Å²) in [4.78, 5) is 24.6. The summed E-state index contributed by atoms with van der Waals surface area (Å²) in [6.07, 6.45) is 3.46. The minimum absolute atomic E-state index is 0.401. The van der Waals surface area contributed by atoms with Crippen LogP contribution in [0.15, 0.2) is 149 Å². The van der Waals surface area contributed by atoms with Crippen LogP contribution in [0.5, 0.6) is 0 Å². The number of aromatic nitrogens is 2. The molecule has 0 radical (unpaired) electrons. The van der Waals surface area contributed by atoms with E-state index in [1.54, 1.807) is 12.4 Å². The average molecular weight is 529 g/mol. The first-order valence-corrected chi connectivity index (χ1v) is 13.5. The van der Waals surface area contributed by atoms with E-state index in [-0.39, 0.29) is 0 Å². The van der Waals surface area contributed by atoms with Gasteiger partial charge < -0.3 is 0 Å². The molecule has 8 aromatic carbocycles. The molecular formula is C37H24N2O2. The molecule has 0 spiro atoms. The maximum atomic E-state index is 12.5. The number of nitrogens with one attached hydrogen (secondary N) is 1. The summed E-state index contributed by atoms with van der Waals surface area (Å²) < 4.78 is 0. The molecule has 0 bridgehead atoms. The van der Waals surface area contributed by atoms with Gasteiger partial charge in [-0.2, -0.15) is 5.10 Å². The minimum atomic E-state index is -0.434. The Balaban J connectivity index is 0.000000123. The summed E-state index contributed by atoms with van der Waals surface area (Å²) in [5.41, 5.74) is -0.835. The molecule has 0 aliphatic rings. The summed E-state index contributed by atoms with van der Waals surface area (Å²) in [7, 11) is 0. The predicted molar refractivity (Wildman–Crippen MR) is 171 cm³/mol. The molecule has 9 rings (SSSR count). The van der Waals surface area contributed by atoms with Crippen LogP contribution in [-0.4, -0.2) is 10.2 Å². The summed E-state index contributed by atoms with van der Waals surface area (Å²) in [5.74, 6) is 0. The third kappa shape index (κ3) is 4.32. The van der Waals surface area contributed by atoms with Crippen LogP contribution in [0.3, 0.4) is 0 Å². The Kier molecular flexibility index (Phi) is 6.06. The van der Waals surface area contributed by atoms with E-state index in [0.29, 0.717) is 5.39 Å². The van der Waals surface area contributed by atoms with E-state index >= 15 is 0 Å². The van der Waals surface area contributed by atoms with Gasteiger partial charge in [-0.05, 0) is 78.1 Å². The highest BCUT2D eigenvalue weighted by atomic mass is 16.2. The molecule has 41 heavy (non-hydrogen) atoms. The number of H-pyrrole nitrogens is 1. The third-order valence-electron chi connectivity index (χ3n) is 7.57. The number of benzene rings is 8. The molecule has 0 aliphatic heterocycles. The number of fused-ring (bicyclic) bond motifs is 4. The van der Waals surface area contributed by atoms with Gasteiger partial charge in [0.15, 0.2) is 0 Å². The standard InChI is InChI=1S/C20H10O2.C14H10.C3H4N2/c21-16-10-12-6-3-8-14-13-7-1-4-11-5-2-9-15(17(11)13)19(18(12)14)20(16)22;1-2-6-12-10-14-8-4-3-7-13(14)9-11(12)5-1;1-2-4-5-3-1/h1-10H;1-10H;1-3H,(H,4,5). The molecule has 0 aliphatic carbocycles. The summed E-state index contributed by atoms with van der Waals surface area (Å²) in [6, 6.07) is 42.7. The van der Waals surface area contributed by atoms with E-state index in [9.17, 15) is 9.59 Å². The molecule has 1 aromatic heterocycles. The van der Waals surface area contributed by atoms with Crippen molar-refractivity contribution in [3.63, 3.8) is 0 Å². The monoisotopic (exact) mass is 528 g/mol. The Hall–Kier alpha value is -5.61. The first kappa shape index (κ1) is 24.4. The van der Waals surface area contributed by atoms with Gasteiger partial charge in [0, 0.05) is 23.2 Å². The fraction of sp³-hybridized carbons (Fsp3) is 0. The largest absolute Gasteiger partial charge is 0.286 e. The Morgan fingerprint density at radius 3 is 1.46 bits per heavy atom. The van der Waals surface area contributed by atoms with E-state index < -0.39 is 10.9 Å². The number of nitrogens with zero attached hydrogens (tertiary/aromatic N) is 1. The lowest BCUT2D eigenvalue weighted by Crippen LogP contribution is -2.22. The zero-order valence-electron chi connectivity index (χ0n) is 22.0. The van der Waals surface area contributed by atoms with Gasteiger partial charge in [0.1, 0.15) is 0 Å². The second-order valence-corrected chi connectivity index (χ2v) is 10.0. The van der Waals surface area contributed by atoms with Crippen LogP contribution in [0.4, 0.5) is 0 Å². The van der Waals surface area contributed by atoms with Crippen molar-refractivity contribution in [2.45, 2.75) is 0 Å². The van der Waals surface area contributed by atoms with Gasteiger partial charge in [-0.25, -0.2) is 0 Å². The van der Waals surface area contributed by atoms with E-state index in [2.05, 4.69) is 76.9 Å². The van der Waals surface area contributed by atoms with Crippen LogP contribution in [0, 0.1) is 0 Å². The highest BCUT2D eigenvalue weighted by molar-refractivity contribution is 6.32. The first-order chi connectivity index (χ1) is 20.2. The normalized spacial score (nSPS) is 11.1. The number of hydrogen-bond acceptors (Lipinski definition) is 3. The van der Waals surface area contributed by atoms with Gasteiger partial charge >= 0.3 is 0 Å². The average Bonchev–Trinajstić information content (AvgIpc) is 3.61. The molecule has 4 nitrogen and oxygen atoms in total. The number of hydrogen-bond donors (Lipinski definition) is 1. The molecule has 4 heteroatoms. The van der Waals surface area contributed by atoms with Crippen molar-refractivity contribution in [1.29, 1.82) is 0 Å². The van der Waals surface area contributed by atoms with Crippen molar-refractivity contribution in [1.82, 2.24) is 10.2 Å². The maximum absolute atomic E-state index is 12.5. The maximum Gasteiger partial charge on any atom is 0.234 e. The van der Waals surface area contributed by atoms with Crippen molar-refractivity contribution in [3.8, 4) is 0 Å². The van der Waals surface area contributed by atoms with Crippen LogP contribution in [0.1, 0.15) is 0 Å². The van der Waals surface area contributed by atoms with Gasteiger partial charge in [0.25, 0.3) is 0 Å². The van der Waals surface area contributed by atoms with Gasteiger partial charge in [-0.1, -0.05) is 103 Å². The van der Waals surface area contributed by atoms with Crippen molar-refractivity contribution >= 4 is 64.6 Å². The number of aromatic amines is 1. The topological polar surface area (TPSA) is 62.8 Å². The fourth-order valence-electron chi connectivity index (χ4n) is 5.77. The fourth-order valence-corrected chi connectivity index (χ4v) is 5.77. The van der Waals surface area contributed by atoms with Crippen LogP contribution in [0.2, 0.25) is 0 Å². The van der Waals surface area contributed by atoms with Gasteiger partial charge in [-0.15, -0.1) is 0 Å². The van der Waals surface area contributed by atoms with Crippen LogP contribution in [0.25, 0.3) is 64.6 Å². The van der Waals surface area contributed by atoms with Crippen molar-refractivity contribution in [3.05, 3.63) is 160 Å². The van der Waals surface area contributed by atoms with E-state index in [0.717, 1.165) is 37.7 Å². The smallest absolute Gasteiger partial charge is 0.234 e. The Bertz CT molecular complexity index is 2290. The zero-order chi connectivity index (χ0) is 27.8. The van der Waals surface area contributed by atoms with E-state index in [1.807, 2.05) is 54.6 Å². The highest BCUT2D eigenvalue weighted by Gasteiger charge is 2.15. The van der Waals surface area contributed by atoms with Gasteiger partial charge in [0.05, 0.1) is 0 Å². The molecule has 0 atom stereocenters. The SMILES string of the molecule is O=c1cc2cccc3c4cccc5cccc(c(c1=O)c23)c54.c1ccc2cc3ccccc3cc2c1.c1cn[nH]c1. The molecule has 1 N–H and O–H groups in total. The second-order valence-electron chi connectivity index (χ2n) is 10.0. The molecule has 9 aromatic rings. The van der Waals surface area contributed by atoms with Crippen molar-refractivity contribution < 1.29 is 0 Å². The molecular weight excluding hydrogens is 504 g/mol. The Morgan fingerprint density at radius 2 is 0.951 bits per heavy atom. The molecule has 0 unspecified atom stereocenters. The third-order valence-corrected chi connectivity index (χ3v) is 7.57. The van der Waals surface area contributed by atoms with Crippen LogP contribution >= 0.6 is 0 Å². The van der Waals surface area contributed by atoms with E-state index in [1.165, 1.54) is 27.6 Å². The highest BCUT2D eigenvalue weighted by Crippen LogP contribution is 2.38. The molecule has 0 fully saturated rings. The molecule has 0 saturated heterocycles. The Morgan fingerprint density at radius 1 is 0.439 bits per heavy atom. The summed E-state index contributed by atoms with van der Waals surface area (Å²) >= 11 is 0. The lowest BCUT2D eigenvalue weighted by Gasteiger charge is -2.12. The van der Waals surface area contributed by atoms with E-state index in [4.69, 9.17) is 0 Å². The lowest BCUT2D eigenvalue weighted by atomic mass is 9.90. The molecule has 1 heterocycles. The zero-order valence-corrected chi connectivity index (χ0v) is 22.0.